The SMILES string of the molecule is CC(N)=NCC(CF)SC[C@](C)(N)C(=O)O.Cl.Cl. The molecule has 0 amide bonds. The lowest BCUT2D eigenvalue weighted by atomic mass is 10.1. The molecule has 5 N–H and O–H groups in total. The molecule has 0 aromatic rings. The number of hydrogen-bond donors (Lipinski definition) is 3. The zero-order valence-corrected chi connectivity index (χ0v) is 12.7. The molecule has 0 heterocycles. The Morgan fingerprint density at radius 3 is 2.39 bits per heavy atom. The Labute approximate surface area is 123 Å². The molecule has 0 saturated carbocycles. The fourth-order valence-corrected chi connectivity index (χ4v) is 1.72. The predicted octanol–water partition coefficient (Wildman–Crippen LogP) is 1.08. The maximum atomic E-state index is 12.6. The quantitative estimate of drug-likeness (QED) is 0.480. The lowest BCUT2D eigenvalue weighted by Crippen LogP contribution is -2.47. The van der Waals surface area contributed by atoms with Gasteiger partial charge in [-0.15, -0.1) is 24.8 Å². The molecule has 0 radical (unpaired) electrons. The van der Waals surface area contributed by atoms with Crippen molar-refractivity contribution in [2.75, 3.05) is 19.0 Å². The molecule has 110 valence electrons. The summed E-state index contributed by atoms with van der Waals surface area (Å²) >= 11 is 1.16. The molecule has 5 nitrogen and oxygen atoms in total. The summed E-state index contributed by atoms with van der Waals surface area (Å²) in [6.45, 7) is 2.66. The Morgan fingerprint density at radius 2 is 2.06 bits per heavy atom. The van der Waals surface area contributed by atoms with Gasteiger partial charge in [0, 0.05) is 5.75 Å². The van der Waals surface area contributed by atoms with E-state index in [1.54, 1.807) is 6.92 Å². The van der Waals surface area contributed by atoms with Crippen LogP contribution in [0.25, 0.3) is 0 Å². The van der Waals surface area contributed by atoms with Gasteiger partial charge in [-0.25, -0.2) is 4.39 Å². The average molecular weight is 324 g/mol. The molecule has 1 unspecified atom stereocenters. The molecule has 0 fully saturated rings. The van der Waals surface area contributed by atoms with Crippen molar-refractivity contribution in [3.05, 3.63) is 0 Å². The van der Waals surface area contributed by atoms with Crippen LogP contribution in [0.15, 0.2) is 4.99 Å². The number of nitrogens with zero attached hydrogens (tertiary/aromatic N) is 1. The summed E-state index contributed by atoms with van der Waals surface area (Å²) < 4.78 is 12.6. The van der Waals surface area contributed by atoms with E-state index in [2.05, 4.69) is 4.99 Å². The van der Waals surface area contributed by atoms with Crippen molar-refractivity contribution in [2.45, 2.75) is 24.6 Å². The molecule has 0 aliphatic rings. The van der Waals surface area contributed by atoms with E-state index in [0.717, 1.165) is 11.8 Å². The van der Waals surface area contributed by atoms with Crippen LogP contribution in [0.1, 0.15) is 13.8 Å². The number of aliphatic carboxylic acids is 1. The van der Waals surface area contributed by atoms with Gasteiger partial charge in [-0.05, 0) is 13.8 Å². The second kappa shape index (κ2) is 10.7. The van der Waals surface area contributed by atoms with Crippen LogP contribution in [0.2, 0.25) is 0 Å². The highest BCUT2D eigenvalue weighted by molar-refractivity contribution is 8.00. The number of rotatable bonds is 7. The van der Waals surface area contributed by atoms with Gasteiger partial charge >= 0.3 is 5.97 Å². The summed E-state index contributed by atoms with van der Waals surface area (Å²) in [5.41, 5.74) is 9.49. The topological polar surface area (TPSA) is 102 Å². The standard InChI is InChI=1S/C9H18FN3O2S.2ClH/c1-6(11)13-4-7(3-10)16-5-9(2,12)8(14)15;;/h7H,3-5,12H2,1-2H3,(H2,11,13)(H,14,15);2*1H/t7?,9-;;/m0../s1. The molecule has 0 aliphatic heterocycles. The van der Waals surface area contributed by atoms with Gasteiger partial charge in [-0.1, -0.05) is 0 Å². The van der Waals surface area contributed by atoms with E-state index in [-0.39, 0.29) is 37.1 Å². The Kier molecular flexibility index (Phi) is 13.6. The Balaban J connectivity index is -0.00000112. The molecule has 0 bridgehead atoms. The Bertz CT molecular complexity index is 277. The number of nitrogens with two attached hydrogens (primary N) is 2. The summed E-state index contributed by atoms with van der Waals surface area (Å²) in [6, 6.07) is 0. The van der Waals surface area contributed by atoms with E-state index in [1.165, 1.54) is 6.92 Å². The number of alkyl halides is 1. The maximum Gasteiger partial charge on any atom is 0.324 e. The highest BCUT2D eigenvalue weighted by Gasteiger charge is 2.29. The maximum absolute atomic E-state index is 12.6. The molecule has 0 aliphatic carbocycles. The molecular formula is C9H20Cl2FN3O2S. The zero-order chi connectivity index (χ0) is 12.8. The number of carbonyl (C=O) groups is 1. The number of hydrogen-bond acceptors (Lipinski definition) is 4. The molecule has 0 saturated heterocycles. The van der Waals surface area contributed by atoms with Gasteiger partial charge in [0.15, 0.2) is 0 Å². The summed E-state index contributed by atoms with van der Waals surface area (Å²) in [6.07, 6.45) is 0. The van der Waals surface area contributed by atoms with Gasteiger partial charge in [0.2, 0.25) is 0 Å². The number of halogens is 3. The first-order valence-corrected chi connectivity index (χ1v) is 5.81. The fraction of sp³-hybridized carbons (Fsp3) is 0.778. The van der Waals surface area contributed by atoms with Crippen LogP contribution >= 0.6 is 36.6 Å². The average Bonchev–Trinajstić information content (AvgIpc) is 2.17. The molecule has 0 aromatic carbocycles. The molecule has 18 heavy (non-hydrogen) atoms. The van der Waals surface area contributed by atoms with Gasteiger partial charge in [0.25, 0.3) is 0 Å². The van der Waals surface area contributed by atoms with E-state index in [4.69, 9.17) is 16.6 Å². The normalized spacial score (nSPS) is 15.9. The van der Waals surface area contributed by atoms with Crippen LogP contribution in [0.4, 0.5) is 4.39 Å². The van der Waals surface area contributed by atoms with Gasteiger partial charge in [-0.3, -0.25) is 9.79 Å². The van der Waals surface area contributed by atoms with Gasteiger partial charge in [0.05, 0.1) is 17.6 Å². The van der Waals surface area contributed by atoms with Gasteiger partial charge in [0.1, 0.15) is 12.2 Å². The first kappa shape index (κ1) is 22.9. The lowest BCUT2D eigenvalue weighted by Gasteiger charge is -2.20. The highest BCUT2D eigenvalue weighted by Crippen LogP contribution is 2.17. The summed E-state index contributed by atoms with van der Waals surface area (Å²) in [4.78, 5) is 14.6. The van der Waals surface area contributed by atoms with Crippen LogP contribution < -0.4 is 11.5 Å². The number of carboxylic acid groups (broad SMARTS) is 1. The van der Waals surface area contributed by atoms with E-state index >= 15 is 0 Å². The Hall–Kier alpha value is -0.240. The number of amidine groups is 1. The third-order valence-corrected chi connectivity index (χ3v) is 3.34. The summed E-state index contributed by atoms with van der Waals surface area (Å²) in [5, 5.41) is 8.36. The van der Waals surface area contributed by atoms with Crippen molar-refractivity contribution in [1.82, 2.24) is 0 Å². The van der Waals surface area contributed by atoms with Crippen LogP contribution in [0.5, 0.6) is 0 Å². The van der Waals surface area contributed by atoms with Crippen LogP contribution in [0.3, 0.4) is 0 Å². The lowest BCUT2D eigenvalue weighted by molar-refractivity contribution is -0.141. The van der Waals surface area contributed by atoms with Crippen LogP contribution in [0, 0.1) is 0 Å². The van der Waals surface area contributed by atoms with E-state index in [9.17, 15) is 9.18 Å². The van der Waals surface area contributed by atoms with Crippen molar-refractivity contribution < 1.29 is 14.3 Å². The van der Waals surface area contributed by atoms with Crippen LogP contribution in [-0.2, 0) is 4.79 Å². The molecule has 9 heteroatoms. The number of aliphatic imine (C=N–C) groups is 1. The van der Waals surface area contributed by atoms with Crippen molar-refractivity contribution in [2.24, 2.45) is 16.5 Å². The minimum absolute atomic E-state index is 0. The third kappa shape index (κ3) is 9.76. The van der Waals surface area contributed by atoms with Gasteiger partial charge < -0.3 is 16.6 Å². The first-order valence-electron chi connectivity index (χ1n) is 4.76. The monoisotopic (exact) mass is 323 g/mol. The highest BCUT2D eigenvalue weighted by atomic mass is 35.5. The van der Waals surface area contributed by atoms with Crippen molar-refractivity contribution in [3.63, 3.8) is 0 Å². The summed E-state index contributed by atoms with van der Waals surface area (Å²) in [5.74, 6) is -0.584. The predicted molar refractivity (Wildman–Crippen MR) is 79.1 cm³/mol. The van der Waals surface area contributed by atoms with Gasteiger partial charge in [-0.2, -0.15) is 11.8 Å². The fourth-order valence-electron chi connectivity index (χ4n) is 0.745. The largest absolute Gasteiger partial charge is 0.480 e. The van der Waals surface area contributed by atoms with Crippen LogP contribution in [-0.4, -0.2) is 46.7 Å². The molecule has 0 spiro atoms. The smallest absolute Gasteiger partial charge is 0.324 e. The minimum atomic E-state index is -1.35. The number of carboxylic acids is 1. The molecular weight excluding hydrogens is 304 g/mol. The Morgan fingerprint density at radius 1 is 1.56 bits per heavy atom. The first-order chi connectivity index (χ1) is 7.29. The second-order valence-electron chi connectivity index (χ2n) is 3.79. The molecule has 2 atom stereocenters. The minimum Gasteiger partial charge on any atom is -0.480 e. The van der Waals surface area contributed by atoms with Crippen molar-refractivity contribution >= 4 is 48.4 Å². The molecule has 0 aromatic heterocycles. The van der Waals surface area contributed by atoms with Crippen molar-refractivity contribution in [3.8, 4) is 0 Å². The third-order valence-electron chi connectivity index (χ3n) is 1.82. The number of thioether (sulfide) groups is 1. The zero-order valence-electron chi connectivity index (χ0n) is 10.3. The molecule has 0 rings (SSSR count). The van der Waals surface area contributed by atoms with E-state index in [0.29, 0.717) is 5.84 Å². The van der Waals surface area contributed by atoms with E-state index in [1.807, 2.05) is 0 Å². The summed E-state index contributed by atoms with van der Waals surface area (Å²) in [7, 11) is 0. The van der Waals surface area contributed by atoms with Crippen molar-refractivity contribution in [1.29, 1.82) is 0 Å². The second-order valence-corrected chi connectivity index (χ2v) is 5.08. The van der Waals surface area contributed by atoms with E-state index < -0.39 is 23.4 Å².